The van der Waals surface area contributed by atoms with E-state index < -0.39 is 17.6 Å². The van der Waals surface area contributed by atoms with E-state index in [1.165, 1.54) is 10.9 Å². The third-order valence-electron chi connectivity index (χ3n) is 3.10. The SMILES string of the molecule is CCCC(N)C(=O)OCCOCn1cnc2c(=O)[nH]c(N)nc21. The fourth-order valence-electron chi connectivity index (χ4n) is 1.97. The molecule has 0 aliphatic carbocycles. The molecule has 2 heterocycles. The maximum atomic E-state index is 11.6. The number of hydrogen-bond donors (Lipinski definition) is 3. The van der Waals surface area contributed by atoms with Gasteiger partial charge in [0.1, 0.15) is 19.4 Å². The number of aromatic amines is 1. The molecule has 0 aliphatic rings. The molecule has 126 valence electrons. The van der Waals surface area contributed by atoms with Gasteiger partial charge in [-0.05, 0) is 6.42 Å². The Morgan fingerprint density at radius 1 is 1.48 bits per heavy atom. The summed E-state index contributed by atoms with van der Waals surface area (Å²) in [5.74, 6) is -0.437. The predicted molar refractivity (Wildman–Crippen MR) is 82.4 cm³/mol. The molecule has 2 aromatic heterocycles. The lowest BCUT2D eigenvalue weighted by atomic mass is 10.2. The van der Waals surface area contributed by atoms with Crippen LogP contribution >= 0.6 is 0 Å². The van der Waals surface area contributed by atoms with Crippen LogP contribution in [0.25, 0.3) is 11.2 Å². The van der Waals surface area contributed by atoms with Gasteiger partial charge in [-0.2, -0.15) is 4.98 Å². The second kappa shape index (κ2) is 7.70. The minimum absolute atomic E-state index is 0.00286. The first kappa shape index (κ1) is 16.9. The van der Waals surface area contributed by atoms with Crippen molar-refractivity contribution in [1.82, 2.24) is 19.5 Å². The minimum atomic E-state index is -0.600. The molecule has 0 radical (unpaired) electrons. The Balaban J connectivity index is 1.81. The first-order valence-electron chi connectivity index (χ1n) is 7.23. The summed E-state index contributed by atoms with van der Waals surface area (Å²) in [4.78, 5) is 33.4. The topological polar surface area (TPSA) is 151 Å². The molecule has 2 rings (SSSR count). The van der Waals surface area contributed by atoms with Crippen LogP contribution in [0.15, 0.2) is 11.1 Å². The number of anilines is 1. The lowest BCUT2D eigenvalue weighted by Crippen LogP contribution is -2.32. The summed E-state index contributed by atoms with van der Waals surface area (Å²) in [6.07, 6.45) is 2.83. The number of nitrogens with zero attached hydrogens (tertiary/aromatic N) is 3. The van der Waals surface area contributed by atoms with Crippen LogP contribution in [0.2, 0.25) is 0 Å². The normalized spacial score (nSPS) is 12.4. The van der Waals surface area contributed by atoms with Gasteiger partial charge in [0.2, 0.25) is 5.95 Å². The average Bonchev–Trinajstić information content (AvgIpc) is 2.90. The second-order valence-corrected chi connectivity index (χ2v) is 4.94. The Kier molecular flexibility index (Phi) is 5.66. The van der Waals surface area contributed by atoms with Crippen molar-refractivity contribution in [2.45, 2.75) is 32.5 Å². The highest BCUT2D eigenvalue weighted by Gasteiger charge is 2.13. The van der Waals surface area contributed by atoms with Gasteiger partial charge in [-0.1, -0.05) is 13.3 Å². The van der Waals surface area contributed by atoms with E-state index in [4.69, 9.17) is 20.9 Å². The molecule has 0 saturated heterocycles. The zero-order valence-corrected chi connectivity index (χ0v) is 12.8. The number of rotatable bonds is 8. The van der Waals surface area contributed by atoms with Crippen LogP contribution in [-0.2, 0) is 21.0 Å². The lowest BCUT2D eigenvalue weighted by Gasteiger charge is -2.10. The maximum absolute atomic E-state index is 11.6. The molecule has 0 bridgehead atoms. The first-order chi connectivity index (χ1) is 11.0. The minimum Gasteiger partial charge on any atom is -0.462 e. The summed E-state index contributed by atoms with van der Waals surface area (Å²) < 4.78 is 11.9. The third-order valence-corrected chi connectivity index (χ3v) is 3.10. The van der Waals surface area contributed by atoms with E-state index in [9.17, 15) is 9.59 Å². The number of imidazole rings is 1. The number of ether oxygens (including phenoxy) is 2. The first-order valence-corrected chi connectivity index (χ1v) is 7.23. The smallest absolute Gasteiger partial charge is 0.322 e. The van der Waals surface area contributed by atoms with Gasteiger partial charge in [-0.3, -0.25) is 19.1 Å². The molecule has 5 N–H and O–H groups in total. The van der Waals surface area contributed by atoms with Gasteiger partial charge in [0.05, 0.1) is 12.9 Å². The standard InChI is InChI=1S/C13H20N6O4/c1-2-3-8(14)12(21)23-5-4-22-7-19-6-16-9-10(19)17-13(15)18-11(9)20/h6,8H,2-5,7,14H2,1H3,(H3,15,17,18,20). The Bertz CT molecular complexity index is 725. The van der Waals surface area contributed by atoms with Gasteiger partial charge in [0.15, 0.2) is 11.2 Å². The van der Waals surface area contributed by atoms with E-state index >= 15 is 0 Å². The van der Waals surface area contributed by atoms with Gasteiger partial charge < -0.3 is 20.9 Å². The number of esters is 1. The number of carbonyl (C=O) groups is 1. The van der Waals surface area contributed by atoms with E-state index in [2.05, 4.69) is 15.0 Å². The van der Waals surface area contributed by atoms with E-state index in [-0.39, 0.29) is 31.4 Å². The molecule has 0 saturated carbocycles. The lowest BCUT2D eigenvalue weighted by molar-refractivity contribution is -0.147. The molecular formula is C13H20N6O4. The molecule has 2 aromatic rings. The number of nitrogens with two attached hydrogens (primary N) is 2. The molecule has 0 aromatic carbocycles. The van der Waals surface area contributed by atoms with Crippen LogP contribution in [0.3, 0.4) is 0 Å². The molecule has 10 nitrogen and oxygen atoms in total. The van der Waals surface area contributed by atoms with Crippen molar-refractivity contribution in [2.75, 3.05) is 18.9 Å². The Morgan fingerprint density at radius 2 is 2.26 bits per heavy atom. The summed E-state index contributed by atoms with van der Waals surface area (Å²) in [6.45, 7) is 2.32. The predicted octanol–water partition coefficient (Wildman–Crippen LogP) is -0.653. The summed E-state index contributed by atoms with van der Waals surface area (Å²) in [5, 5.41) is 0. The number of fused-ring (bicyclic) bond motifs is 1. The van der Waals surface area contributed by atoms with Crippen molar-refractivity contribution in [2.24, 2.45) is 5.73 Å². The van der Waals surface area contributed by atoms with Crippen LogP contribution in [-0.4, -0.2) is 44.7 Å². The largest absolute Gasteiger partial charge is 0.462 e. The number of hydrogen-bond acceptors (Lipinski definition) is 8. The van der Waals surface area contributed by atoms with Crippen LogP contribution in [0.4, 0.5) is 5.95 Å². The van der Waals surface area contributed by atoms with Gasteiger partial charge in [-0.15, -0.1) is 0 Å². The second-order valence-electron chi connectivity index (χ2n) is 4.94. The van der Waals surface area contributed by atoms with Crippen LogP contribution < -0.4 is 17.0 Å². The molecule has 0 amide bonds. The molecule has 23 heavy (non-hydrogen) atoms. The molecule has 0 spiro atoms. The Morgan fingerprint density at radius 3 is 3.00 bits per heavy atom. The van der Waals surface area contributed by atoms with Gasteiger partial charge in [-0.25, -0.2) is 4.98 Å². The van der Waals surface area contributed by atoms with Crippen molar-refractivity contribution < 1.29 is 14.3 Å². The summed E-state index contributed by atoms with van der Waals surface area (Å²) in [5.41, 5.74) is 11.2. The fraction of sp³-hybridized carbons (Fsp3) is 0.538. The number of carbonyl (C=O) groups excluding carboxylic acids is 1. The van der Waals surface area contributed by atoms with Gasteiger partial charge >= 0.3 is 5.97 Å². The van der Waals surface area contributed by atoms with Crippen molar-refractivity contribution in [3.63, 3.8) is 0 Å². The molecule has 10 heteroatoms. The van der Waals surface area contributed by atoms with Crippen LogP contribution in [0.5, 0.6) is 0 Å². The van der Waals surface area contributed by atoms with E-state index in [0.717, 1.165) is 6.42 Å². The number of H-pyrrole nitrogens is 1. The quantitative estimate of drug-likeness (QED) is 0.428. The fourth-order valence-corrected chi connectivity index (χ4v) is 1.97. The number of nitrogens with one attached hydrogen (secondary N) is 1. The monoisotopic (exact) mass is 324 g/mol. The highest BCUT2D eigenvalue weighted by atomic mass is 16.6. The molecule has 0 fully saturated rings. The van der Waals surface area contributed by atoms with Crippen molar-refractivity contribution in [3.8, 4) is 0 Å². The van der Waals surface area contributed by atoms with E-state index in [0.29, 0.717) is 12.1 Å². The highest BCUT2D eigenvalue weighted by Crippen LogP contribution is 2.06. The van der Waals surface area contributed by atoms with E-state index in [1.807, 2.05) is 6.92 Å². The number of nitrogen functional groups attached to an aromatic ring is 1. The van der Waals surface area contributed by atoms with Crippen LogP contribution in [0, 0.1) is 0 Å². The highest BCUT2D eigenvalue weighted by molar-refractivity contribution is 5.75. The van der Waals surface area contributed by atoms with Crippen molar-refractivity contribution in [1.29, 1.82) is 0 Å². The maximum Gasteiger partial charge on any atom is 0.322 e. The summed E-state index contributed by atoms with van der Waals surface area (Å²) in [6, 6.07) is -0.600. The van der Waals surface area contributed by atoms with Gasteiger partial charge in [0.25, 0.3) is 5.56 Å². The zero-order chi connectivity index (χ0) is 16.8. The molecule has 1 unspecified atom stereocenters. The Hall–Kier alpha value is -2.46. The van der Waals surface area contributed by atoms with E-state index in [1.54, 1.807) is 0 Å². The zero-order valence-electron chi connectivity index (χ0n) is 12.8. The summed E-state index contributed by atoms with van der Waals surface area (Å²) in [7, 11) is 0. The summed E-state index contributed by atoms with van der Waals surface area (Å²) >= 11 is 0. The van der Waals surface area contributed by atoms with Crippen LogP contribution in [0.1, 0.15) is 19.8 Å². The molecule has 1 atom stereocenters. The average molecular weight is 324 g/mol. The van der Waals surface area contributed by atoms with Gasteiger partial charge in [0, 0.05) is 0 Å². The Labute approximate surface area is 131 Å². The number of aromatic nitrogens is 4. The van der Waals surface area contributed by atoms with Crippen molar-refractivity contribution in [3.05, 3.63) is 16.7 Å². The molecular weight excluding hydrogens is 304 g/mol. The van der Waals surface area contributed by atoms with Crippen molar-refractivity contribution >= 4 is 23.1 Å². The molecule has 0 aliphatic heterocycles. The third kappa shape index (κ3) is 4.27.